The fourth-order valence-corrected chi connectivity index (χ4v) is 2.34. The fourth-order valence-electron chi connectivity index (χ4n) is 2.34. The first kappa shape index (κ1) is 9.38. The van der Waals surface area contributed by atoms with Gasteiger partial charge in [0.05, 0.1) is 12.6 Å². The maximum Gasteiger partial charge on any atom is 0.324 e. The molecular weight excluding hydrogens is 208 g/mol. The summed E-state index contributed by atoms with van der Waals surface area (Å²) in [6.07, 6.45) is 2.98. The van der Waals surface area contributed by atoms with Gasteiger partial charge in [-0.3, -0.25) is 14.8 Å². The Labute approximate surface area is 92.2 Å². The predicted molar refractivity (Wildman–Crippen MR) is 54.6 cm³/mol. The minimum Gasteiger partial charge on any atom is -0.319 e. The zero-order valence-electron chi connectivity index (χ0n) is 8.72. The second kappa shape index (κ2) is 3.33. The minimum absolute atomic E-state index is 0.136. The highest BCUT2D eigenvalue weighted by atomic mass is 16.2. The van der Waals surface area contributed by atoms with E-state index >= 15 is 0 Å². The van der Waals surface area contributed by atoms with Crippen LogP contribution in [0.25, 0.3) is 0 Å². The number of fused-ring (bicyclic) bond motifs is 1. The quantitative estimate of drug-likeness (QED) is 0.709. The van der Waals surface area contributed by atoms with Gasteiger partial charge in [0, 0.05) is 31.3 Å². The number of amides is 3. The van der Waals surface area contributed by atoms with Gasteiger partial charge in [-0.15, -0.1) is 0 Å². The Bertz CT molecular complexity index is 433. The van der Waals surface area contributed by atoms with Crippen LogP contribution in [0.1, 0.15) is 12.1 Å². The number of carbonyl (C=O) groups is 2. The van der Waals surface area contributed by atoms with E-state index in [2.05, 4.69) is 10.4 Å². The second-order valence-corrected chi connectivity index (χ2v) is 4.16. The normalized spacial score (nSPS) is 24.5. The third-order valence-corrected chi connectivity index (χ3v) is 3.16. The summed E-state index contributed by atoms with van der Waals surface area (Å²) in [4.78, 5) is 24.4. The Kier molecular flexibility index (Phi) is 1.95. The van der Waals surface area contributed by atoms with Gasteiger partial charge in [-0.05, 0) is 6.07 Å². The van der Waals surface area contributed by atoms with Crippen molar-refractivity contribution in [1.82, 2.24) is 20.0 Å². The van der Waals surface area contributed by atoms with Crippen LogP contribution in [0.2, 0.25) is 0 Å². The van der Waals surface area contributed by atoms with Gasteiger partial charge < -0.3 is 4.90 Å². The van der Waals surface area contributed by atoms with Gasteiger partial charge >= 0.3 is 6.03 Å². The van der Waals surface area contributed by atoms with E-state index in [1.807, 2.05) is 10.7 Å². The van der Waals surface area contributed by atoms with Crippen LogP contribution in [0.15, 0.2) is 12.3 Å². The van der Waals surface area contributed by atoms with E-state index in [1.54, 1.807) is 11.1 Å². The van der Waals surface area contributed by atoms with E-state index in [1.165, 1.54) is 0 Å². The van der Waals surface area contributed by atoms with Crippen LogP contribution in [0, 0.1) is 0 Å². The highest BCUT2D eigenvalue weighted by Gasteiger charge is 2.33. The molecule has 1 aromatic rings. The highest BCUT2D eigenvalue weighted by Crippen LogP contribution is 2.20. The monoisotopic (exact) mass is 220 g/mol. The van der Waals surface area contributed by atoms with Crippen molar-refractivity contribution in [3.63, 3.8) is 0 Å². The minimum atomic E-state index is -0.271. The molecule has 1 atom stereocenters. The molecule has 1 unspecified atom stereocenters. The Hall–Kier alpha value is -1.85. The Morgan fingerprint density at radius 3 is 3.06 bits per heavy atom. The summed E-state index contributed by atoms with van der Waals surface area (Å²) < 4.78 is 1.91. The molecule has 1 aromatic heterocycles. The number of carbonyl (C=O) groups excluding carboxylic acids is 2. The summed E-state index contributed by atoms with van der Waals surface area (Å²) in [5, 5.41) is 6.52. The third kappa shape index (κ3) is 1.37. The smallest absolute Gasteiger partial charge is 0.319 e. The molecule has 0 spiro atoms. The lowest BCUT2D eigenvalue weighted by Crippen LogP contribution is -2.54. The zero-order valence-corrected chi connectivity index (χ0v) is 8.72. The molecule has 3 amide bonds. The molecule has 0 radical (unpaired) electrons. The molecule has 3 heterocycles. The van der Waals surface area contributed by atoms with Gasteiger partial charge in [0.1, 0.15) is 0 Å². The van der Waals surface area contributed by atoms with Crippen molar-refractivity contribution in [3.05, 3.63) is 18.0 Å². The lowest BCUT2D eigenvalue weighted by molar-refractivity contribution is -0.121. The van der Waals surface area contributed by atoms with Crippen LogP contribution >= 0.6 is 0 Å². The van der Waals surface area contributed by atoms with E-state index in [0.29, 0.717) is 13.0 Å². The molecule has 0 aliphatic carbocycles. The molecule has 2 aliphatic rings. The van der Waals surface area contributed by atoms with Gasteiger partial charge in [-0.2, -0.15) is 5.10 Å². The van der Waals surface area contributed by atoms with E-state index in [0.717, 1.165) is 18.7 Å². The van der Waals surface area contributed by atoms with Crippen molar-refractivity contribution >= 4 is 11.9 Å². The van der Waals surface area contributed by atoms with Crippen molar-refractivity contribution in [2.24, 2.45) is 0 Å². The Morgan fingerprint density at radius 2 is 2.31 bits per heavy atom. The summed E-state index contributed by atoms with van der Waals surface area (Å²) in [5.41, 5.74) is 1.15. The standard InChI is InChI=1S/C10H12N4O2/c15-9-2-4-13(10(16)12-9)8-5-7-1-3-11-14(7)6-8/h1,3,8H,2,4-6H2,(H,12,15,16). The average molecular weight is 220 g/mol. The van der Waals surface area contributed by atoms with Crippen LogP contribution in [-0.4, -0.2) is 39.2 Å². The van der Waals surface area contributed by atoms with Gasteiger partial charge in [0.25, 0.3) is 0 Å². The lowest BCUT2D eigenvalue weighted by atomic mass is 10.1. The maximum atomic E-state index is 11.6. The largest absolute Gasteiger partial charge is 0.324 e. The number of nitrogens with zero attached hydrogens (tertiary/aromatic N) is 3. The van der Waals surface area contributed by atoms with Crippen LogP contribution in [0.5, 0.6) is 0 Å². The van der Waals surface area contributed by atoms with Gasteiger partial charge in [-0.25, -0.2) is 4.79 Å². The molecule has 0 aromatic carbocycles. The predicted octanol–water partition coefficient (Wildman–Crippen LogP) is -0.250. The first-order valence-electron chi connectivity index (χ1n) is 5.35. The van der Waals surface area contributed by atoms with Crippen LogP contribution in [-0.2, 0) is 17.8 Å². The van der Waals surface area contributed by atoms with Crippen LogP contribution in [0.3, 0.4) is 0 Å². The summed E-state index contributed by atoms with van der Waals surface area (Å²) in [7, 11) is 0. The topological polar surface area (TPSA) is 67.2 Å². The van der Waals surface area contributed by atoms with Crippen molar-refractivity contribution in [3.8, 4) is 0 Å². The number of nitrogens with one attached hydrogen (secondary N) is 1. The van der Waals surface area contributed by atoms with Gasteiger partial charge in [0.2, 0.25) is 5.91 Å². The number of imide groups is 1. The first-order chi connectivity index (χ1) is 7.74. The average Bonchev–Trinajstić information content (AvgIpc) is 2.76. The molecule has 3 rings (SSSR count). The molecule has 16 heavy (non-hydrogen) atoms. The van der Waals surface area contributed by atoms with Gasteiger partial charge in [-0.1, -0.05) is 0 Å². The molecule has 2 aliphatic heterocycles. The molecule has 6 nitrogen and oxygen atoms in total. The second-order valence-electron chi connectivity index (χ2n) is 4.16. The van der Waals surface area contributed by atoms with E-state index in [-0.39, 0.29) is 18.0 Å². The maximum absolute atomic E-state index is 11.6. The third-order valence-electron chi connectivity index (χ3n) is 3.16. The Balaban J connectivity index is 1.74. The molecule has 84 valence electrons. The van der Waals surface area contributed by atoms with Crippen molar-refractivity contribution < 1.29 is 9.59 Å². The van der Waals surface area contributed by atoms with Crippen molar-refractivity contribution in [1.29, 1.82) is 0 Å². The van der Waals surface area contributed by atoms with E-state index < -0.39 is 0 Å². The summed E-state index contributed by atoms with van der Waals surface area (Å²) in [6, 6.07) is 1.83. The molecule has 1 saturated heterocycles. The molecular formula is C10H12N4O2. The van der Waals surface area contributed by atoms with Crippen LogP contribution < -0.4 is 5.32 Å². The van der Waals surface area contributed by atoms with Crippen LogP contribution in [0.4, 0.5) is 4.79 Å². The van der Waals surface area contributed by atoms with Crippen molar-refractivity contribution in [2.45, 2.75) is 25.4 Å². The molecule has 6 heteroatoms. The highest BCUT2D eigenvalue weighted by molar-refractivity contribution is 5.96. The van der Waals surface area contributed by atoms with E-state index in [9.17, 15) is 9.59 Å². The molecule has 0 bridgehead atoms. The van der Waals surface area contributed by atoms with Crippen molar-refractivity contribution in [2.75, 3.05) is 6.54 Å². The lowest BCUT2D eigenvalue weighted by Gasteiger charge is -2.31. The van der Waals surface area contributed by atoms with Gasteiger partial charge in [0.15, 0.2) is 0 Å². The number of hydrogen-bond acceptors (Lipinski definition) is 3. The molecule has 1 fully saturated rings. The zero-order chi connectivity index (χ0) is 11.1. The first-order valence-corrected chi connectivity index (χ1v) is 5.35. The summed E-state index contributed by atoms with van der Waals surface area (Å²) >= 11 is 0. The fraction of sp³-hybridized carbons (Fsp3) is 0.500. The number of urea groups is 1. The Morgan fingerprint density at radius 1 is 1.44 bits per heavy atom. The SMILES string of the molecule is O=C1CCN(C2Cc3ccnn3C2)C(=O)N1. The van der Waals surface area contributed by atoms with E-state index in [4.69, 9.17) is 0 Å². The molecule has 0 saturated carbocycles. The number of hydrogen-bond donors (Lipinski definition) is 1. The summed E-state index contributed by atoms with van der Waals surface area (Å²) in [6.45, 7) is 1.24. The number of aromatic nitrogens is 2. The number of rotatable bonds is 1. The molecule has 1 N–H and O–H groups in total. The summed E-state index contributed by atoms with van der Waals surface area (Å²) in [5.74, 6) is -0.183.